The smallest absolute Gasteiger partial charge is 0.306 e. The van der Waals surface area contributed by atoms with E-state index < -0.39 is 10.0 Å². The summed E-state index contributed by atoms with van der Waals surface area (Å²) in [5, 5.41) is 2.42. The molecule has 1 aromatic rings. The molecule has 26 heavy (non-hydrogen) atoms. The number of benzene rings is 1. The van der Waals surface area contributed by atoms with Crippen molar-refractivity contribution in [3.63, 3.8) is 0 Å². The molecule has 2 rings (SSSR count). The fraction of sp³-hybridized carbons (Fsp3) is 0.529. The number of nitrogens with zero attached hydrogens (tertiary/aromatic N) is 1. The lowest BCUT2D eigenvalue weighted by molar-refractivity contribution is -0.140. The molecule has 0 spiro atoms. The molecule has 1 aliphatic rings. The van der Waals surface area contributed by atoms with E-state index in [0.717, 1.165) is 12.8 Å². The Hall–Kier alpha value is -1.58. The van der Waals surface area contributed by atoms with Gasteiger partial charge in [0.05, 0.1) is 23.7 Å². The summed E-state index contributed by atoms with van der Waals surface area (Å²) < 4.78 is 31.0. The van der Waals surface area contributed by atoms with E-state index in [9.17, 15) is 18.0 Å². The largest absolute Gasteiger partial charge is 0.469 e. The van der Waals surface area contributed by atoms with Crippen molar-refractivity contribution in [1.29, 1.82) is 0 Å². The molecule has 0 bridgehead atoms. The molecule has 1 saturated heterocycles. The molecule has 0 radical (unpaired) electrons. The molecular weight excluding hydrogens is 376 g/mol. The predicted molar refractivity (Wildman–Crippen MR) is 102 cm³/mol. The van der Waals surface area contributed by atoms with Gasteiger partial charge in [-0.05, 0) is 44.0 Å². The number of ether oxygens (including phenoxy) is 1. The van der Waals surface area contributed by atoms with Crippen molar-refractivity contribution in [2.75, 3.05) is 31.3 Å². The third-order valence-corrected chi connectivity index (χ3v) is 7.16. The number of methoxy groups -OCH3 is 1. The monoisotopic (exact) mass is 400 g/mol. The summed E-state index contributed by atoms with van der Waals surface area (Å²) >= 11 is 1.36. The summed E-state index contributed by atoms with van der Waals surface area (Å²) in [4.78, 5) is 23.5. The molecule has 1 N–H and O–H groups in total. The lowest BCUT2D eigenvalue weighted by atomic mass is 10.3. The first kappa shape index (κ1) is 20.7. The lowest BCUT2D eigenvalue weighted by Gasteiger charge is -2.16. The average molecular weight is 401 g/mol. The van der Waals surface area contributed by atoms with Crippen LogP contribution >= 0.6 is 11.8 Å². The van der Waals surface area contributed by atoms with E-state index >= 15 is 0 Å². The van der Waals surface area contributed by atoms with Gasteiger partial charge in [-0.2, -0.15) is 4.31 Å². The lowest BCUT2D eigenvalue weighted by Crippen LogP contribution is -2.28. The molecule has 1 atom stereocenters. The van der Waals surface area contributed by atoms with Crippen molar-refractivity contribution >= 4 is 39.3 Å². The first-order valence-corrected chi connectivity index (χ1v) is 10.9. The van der Waals surface area contributed by atoms with Gasteiger partial charge >= 0.3 is 5.97 Å². The van der Waals surface area contributed by atoms with Gasteiger partial charge in [0.2, 0.25) is 15.9 Å². The van der Waals surface area contributed by atoms with Crippen LogP contribution in [0.2, 0.25) is 0 Å². The number of hydrogen-bond acceptors (Lipinski definition) is 6. The topological polar surface area (TPSA) is 92.8 Å². The number of anilines is 1. The molecule has 0 aliphatic carbocycles. The molecule has 0 saturated carbocycles. The Bertz CT molecular complexity index is 728. The Morgan fingerprint density at radius 1 is 1.23 bits per heavy atom. The maximum absolute atomic E-state index is 12.5. The van der Waals surface area contributed by atoms with Crippen LogP contribution in [0.1, 0.15) is 26.2 Å². The Morgan fingerprint density at radius 2 is 1.85 bits per heavy atom. The molecule has 1 aliphatic heterocycles. The summed E-state index contributed by atoms with van der Waals surface area (Å²) in [7, 11) is -2.12. The second kappa shape index (κ2) is 9.38. The van der Waals surface area contributed by atoms with Gasteiger partial charge in [-0.1, -0.05) is 0 Å². The second-order valence-electron chi connectivity index (χ2n) is 5.96. The summed E-state index contributed by atoms with van der Waals surface area (Å²) in [5.41, 5.74) is 0.538. The van der Waals surface area contributed by atoms with Crippen molar-refractivity contribution in [1.82, 2.24) is 4.31 Å². The van der Waals surface area contributed by atoms with Gasteiger partial charge in [0.25, 0.3) is 0 Å². The van der Waals surface area contributed by atoms with E-state index in [1.807, 2.05) is 0 Å². The number of rotatable bonds is 8. The molecule has 7 nitrogen and oxygen atoms in total. The van der Waals surface area contributed by atoms with Crippen LogP contribution in [-0.2, 0) is 24.3 Å². The minimum absolute atomic E-state index is 0.199. The standard InChI is InChI=1S/C17H24N2O5S2/c1-13(25-12-9-16(20)24-2)17(21)18-14-5-7-15(8-6-14)26(22,23)19-10-3-4-11-19/h5-8,13H,3-4,9-12H2,1-2H3,(H,18,21)/t13-/m1/s1. The Balaban J connectivity index is 1.90. The zero-order valence-corrected chi connectivity index (χ0v) is 16.6. The van der Waals surface area contributed by atoms with Crippen molar-refractivity contribution in [3.8, 4) is 0 Å². The normalized spacial score (nSPS) is 16.2. The number of carbonyl (C=O) groups excluding carboxylic acids is 2. The van der Waals surface area contributed by atoms with Crippen LogP contribution < -0.4 is 5.32 Å². The molecule has 0 unspecified atom stereocenters. The highest BCUT2D eigenvalue weighted by Gasteiger charge is 2.27. The number of esters is 1. The van der Waals surface area contributed by atoms with E-state index in [4.69, 9.17) is 0 Å². The van der Waals surface area contributed by atoms with Gasteiger partial charge in [0.1, 0.15) is 0 Å². The highest BCUT2D eigenvalue weighted by molar-refractivity contribution is 8.00. The summed E-state index contributed by atoms with van der Waals surface area (Å²) in [6.07, 6.45) is 2.03. The Morgan fingerprint density at radius 3 is 2.42 bits per heavy atom. The molecule has 9 heteroatoms. The van der Waals surface area contributed by atoms with Gasteiger partial charge in [-0.15, -0.1) is 11.8 Å². The third kappa shape index (κ3) is 5.46. The fourth-order valence-electron chi connectivity index (χ4n) is 2.53. The van der Waals surface area contributed by atoms with Gasteiger partial charge in [-0.25, -0.2) is 8.42 Å². The predicted octanol–water partition coefficient (Wildman–Crippen LogP) is 2.09. The first-order chi connectivity index (χ1) is 12.3. The zero-order chi connectivity index (χ0) is 19.2. The van der Waals surface area contributed by atoms with Crippen molar-refractivity contribution in [2.45, 2.75) is 36.3 Å². The SMILES string of the molecule is COC(=O)CCS[C@H](C)C(=O)Nc1ccc(S(=O)(=O)N2CCCC2)cc1. The highest BCUT2D eigenvalue weighted by Crippen LogP contribution is 2.22. The fourth-order valence-corrected chi connectivity index (χ4v) is 4.89. The van der Waals surface area contributed by atoms with E-state index in [1.54, 1.807) is 19.1 Å². The van der Waals surface area contributed by atoms with Crippen LogP contribution in [0.5, 0.6) is 0 Å². The molecular formula is C17H24N2O5S2. The number of hydrogen-bond donors (Lipinski definition) is 1. The molecule has 1 heterocycles. The highest BCUT2D eigenvalue weighted by atomic mass is 32.2. The number of amides is 1. The van der Waals surface area contributed by atoms with Crippen LogP contribution in [0.15, 0.2) is 29.2 Å². The zero-order valence-electron chi connectivity index (χ0n) is 14.9. The number of sulfonamides is 1. The van der Waals surface area contributed by atoms with Crippen LogP contribution in [-0.4, -0.2) is 55.8 Å². The van der Waals surface area contributed by atoms with Gasteiger partial charge in [0, 0.05) is 24.5 Å². The van der Waals surface area contributed by atoms with Gasteiger partial charge in [0.15, 0.2) is 0 Å². The molecule has 0 aromatic heterocycles. The van der Waals surface area contributed by atoms with Crippen LogP contribution in [0.3, 0.4) is 0 Å². The minimum atomic E-state index is -3.45. The minimum Gasteiger partial charge on any atom is -0.469 e. The maximum atomic E-state index is 12.5. The molecule has 1 aromatic carbocycles. The van der Waals surface area contributed by atoms with E-state index in [1.165, 1.54) is 35.3 Å². The first-order valence-electron chi connectivity index (χ1n) is 8.44. The number of thioether (sulfide) groups is 1. The molecule has 144 valence electrons. The van der Waals surface area contributed by atoms with E-state index in [2.05, 4.69) is 10.1 Å². The van der Waals surface area contributed by atoms with E-state index in [-0.39, 0.29) is 28.4 Å². The molecule has 1 fully saturated rings. The summed E-state index contributed by atoms with van der Waals surface area (Å²) in [6, 6.07) is 6.20. The Labute approximate surface area is 158 Å². The third-order valence-electron chi connectivity index (χ3n) is 4.10. The quantitative estimate of drug-likeness (QED) is 0.672. The van der Waals surface area contributed by atoms with Gasteiger partial charge in [-0.3, -0.25) is 9.59 Å². The number of nitrogens with one attached hydrogen (secondary N) is 1. The van der Waals surface area contributed by atoms with E-state index in [0.29, 0.717) is 24.5 Å². The second-order valence-corrected chi connectivity index (χ2v) is 9.35. The molecule has 1 amide bonds. The maximum Gasteiger partial charge on any atom is 0.306 e. The Kier molecular flexibility index (Phi) is 7.48. The van der Waals surface area contributed by atoms with Crippen LogP contribution in [0, 0.1) is 0 Å². The average Bonchev–Trinajstić information content (AvgIpc) is 3.17. The van der Waals surface area contributed by atoms with Crippen LogP contribution in [0.25, 0.3) is 0 Å². The van der Waals surface area contributed by atoms with Crippen molar-refractivity contribution < 1.29 is 22.7 Å². The van der Waals surface area contributed by atoms with Crippen LogP contribution in [0.4, 0.5) is 5.69 Å². The summed E-state index contributed by atoms with van der Waals surface area (Å²) in [6.45, 7) is 2.87. The van der Waals surface area contributed by atoms with Crippen molar-refractivity contribution in [3.05, 3.63) is 24.3 Å². The van der Waals surface area contributed by atoms with Gasteiger partial charge < -0.3 is 10.1 Å². The number of carbonyl (C=O) groups is 2. The van der Waals surface area contributed by atoms with Crippen molar-refractivity contribution in [2.24, 2.45) is 0 Å². The summed E-state index contributed by atoms with van der Waals surface area (Å²) in [5.74, 6) is -0.0104.